The molecule has 4 rings (SSSR count). The van der Waals surface area contributed by atoms with E-state index < -0.39 is 30.1 Å². The molecule has 0 radical (unpaired) electrons. The van der Waals surface area contributed by atoms with E-state index in [1.807, 2.05) is 6.07 Å². The highest BCUT2D eigenvalue weighted by Crippen LogP contribution is 2.39. The number of fused-ring (bicyclic) bond motifs is 1. The zero-order valence-corrected chi connectivity index (χ0v) is 25.2. The number of hydrogen-bond acceptors (Lipinski definition) is 7. The summed E-state index contributed by atoms with van der Waals surface area (Å²) in [5.41, 5.74) is 2.54. The Balaban J connectivity index is 1.50. The van der Waals surface area contributed by atoms with Gasteiger partial charge in [-0.1, -0.05) is 41.4 Å². The van der Waals surface area contributed by atoms with Crippen molar-refractivity contribution in [3.63, 3.8) is 0 Å². The van der Waals surface area contributed by atoms with Crippen LogP contribution < -0.4 is 19.5 Å². The zero-order valence-electron chi connectivity index (χ0n) is 23.7. The number of carbonyl (C=O) groups is 3. The minimum atomic E-state index is -1.03. The molecular formula is C31H29Cl2N3O7. The number of nitrogens with zero attached hydrogens (tertiary/aromatic N) is 2. The number of hydrogen-bond donors (Lipinski definition) is 1. The highest BCUT2D eigenvalue weighted by atomic mass is 35.5. The molecule has 0 saturated heterocycles. The van der Waals surface area contributed by atoms with Crippen LogP contribution in [-0.2, 0) is 22.4 Å². The fourth-order valence-electron chi connectivity index (χ4n) is 4.89. The van der Waals surface area contributed by atoms with E-state index in [1.54, 1.807) is 49.6 Å². The van der Waals surface area contributed by atoms with Gasteiger partial charge in [-0.3, -0.25) is 9.69 Å². The highest BCUT2D eigenvalue weighted by molar-refractivity contribution is 6.34. The van der Waals surface area contributed by atoms with Gasteiger partial charge < -0.3 is 29.1 Å². The predicted octanol–water partition coefficient (Wildman–Crippen LogP) is 5.54. The maximum Gasteiger partial charge on any atom is 0.416 e. The smallest absolute Gasteiger partial charge is 0.416 e. The van der Waals surface area contributed by atoms with Crippen LogP contribution in [-0.4, -0.2) is 63.3 Å². The molecule has 3 aromatic rings. The van der Waals surface area contributed by atoms with Crippen LogP contribution in [0, 0.1) is 6.57 Å². The summed E-state index contributed by atoms with van der Waals surface area (Å²) < 4.78 is 21.4. The molecule has 224 valence electrons. The van der Waals surface area contributed by atoms with Crippen molar-refractivity contribution in [1.29, 1.82) is 0 Å². The van der Waals surface area contributed by atoms with Crippen molar-refractivity contribution in [3.8, 4) is 17.2 Å². The van der Waals surface area contributed by atoms with Crippen molar-refractivity contribution in [3.05, 3.63) is 98.3 Å². The fourth-order valence-corrected chi connectivity index (χ4v) is 5.35. The van der Waals surface area contributed by atoms with Crippen molar-refractivity contribution < 1.29 is 33.3 Å². The van der Waals surface area contributed by atoms with E-state index in [0.29, 0.717) is 30.0 Å². The number of rotatable bonds is 9. The molecule has 10 nitrogen and oxygen atoms in total. The fraction of sp³-hybridized carbons (Fsp3) is 0.290. The van der Waals surface area contributed by atoms with Crippen LogP contribution in [0.2, 0.25) is 10.0 Å². The van der Waals surface area contributed by atoms with Gasteiger partial charge in [0.15, 0.2) is 17.2 Å². The Morgan fingerprint density at radius 3 is 2.37 bits per heavy atom. The first kappa shape index (κ1) is 31.5. The lowest BCUT2D eigenvalue weighted by molar-refractivity contribution is -0.142. The SMILES string of the molecule is [C-]#[N+]CC1c2cc(OC)c(OC)cc2CCN1C(=O)Oc1ccc(C[C@H](NC(=O)c2ccccc2Cl)C(=O)OC)cc1Cl. The second-order valence-corrected chi connectivity index (χ2v) is 10.4. The number of nitrogens with one attached hydrogen (secondary N) is 1. The van der Waals surface area contributed by atoms with Crippen molar-refractivity contribution in [2.75, 3.05) is 34.4 Å². The molecule has 0 saturated carbocycles. The summed E-state index contributed by atoms with van der Waals surface area (Å²) in [5.74, 6) is -0.0184. The summed E-state index contributed by atoms with van der Waals surface area (Å²) in [5, 5.41) is 3.01. The molecule has 2 amide bonds. The third-order valence-electron chi connectivity index (χ3n) is 7.04. The van der Waals surface area contributed by atoms with Gasteiger partial charge in [0.2, 0.25) is 6.54 Å². The summed E-state index contributed by atoms with van der Waals surface area (Å²) >= 11 is 12.6. The van der Waals surface area contributed by atoms with Gasteiger partial charge in [0.05, 0.1) is 36.9 Å². The van der Waals surface area contributed by atoms with Gasteiger partial charge in [0, 0.05) is 13.0 Å². The van der Waals surface area contributed by atoms with Gasteiger partial charge in [-0.15, -0.1) is 0 Å². The second-order valence-electron chi connectivity index (χ2n) is 9.57. The summed E-state index contributed by atoms with van der Waals surface area (Å²) in [6.07, 6.45) is -0.0815. The van der Waals surface area contributed by atoms with Gasteiger partial charge in [-0.2, -0.15) is 0 Å². The third kappa shape index (κ3) is 7.13. The van der Waals surface area contributed by atoms with Gasteiger partial charge in [0.25, 0.3) is 5.91 Å². The molecule has 0 aliphatic carbocycles. The van der Waals surface area contributed by atoms with Gasteiger partial charge in [-0.05, 0) is 59.5 Å². The minimum absolute atomic E-state index is 0.0269. The second kappa shape index (κ2) is 14.1. The van der Waals surface area contributed by atoms with E-state index in [4.69, 9.17) is 48.7 Å². The Morgan fingerprint density at radius 1 is 1.00 bits per heavy atom. The number of halogens is 2. The van der Waals surface area contributed by atoms with Crippen LogP contribution in [0.3, 0.4) is 0 Å². The molecule has 1 unspecified atom stereocenters. The monoisotopic (exact) mass is 625 g/mol. The lowest BCUT2D eigenvalue weighted by Gasteiger charge is -2.34. The van der Waals surface area contributed by atoms with E-state index in [-0.39, 0.29) is 34.3 Å². The van der Waals surface area contributed by atoms with Crippen LogP contribution in [0.5, 0.6) is 17.2 Å². The van der Waals surface area contributed by atoms with Gasteiger partial charge in [0.1, 0.15) is 12.1 Å². The van der Waals surface area contributed by atoms with E-state index in [1.165, 1.54) is 25.2 Å². The average molecular weight is 626 g/mol. The van der Waals surface area contributed by atoms with E-state index in [2.05, 4.69) is 10.2 Å². The Labute approximate surface area is 259 Å². The first-order valence-corrected chi connectivity index (χ1v) is 13.9. The molecule has 1 heterocycles. The molecule has 43 heavy (non-hydrogen) atoms. The summed E-state index contributed by atoms with van der Waals surface area (Å²) in [4.78, 5) is 43.6. The van der Waals surface area contributed by atoms with Crippen molar-refractivity contribution in [1.82, 2.24) is 10.2 Å². The average Bonchev–Trinajstić information content (AvgIpc) is 3.01. The third-order valence-corrected chi connectivity index (χ3v) is 7.67. The Bertz CT molecular complexity index is 1570. The van der Waals surface area contributed by atoms with Crippen molar-refractivity contribution >= 4 is 41.2 Å². The molecule has 0 bridgehead atoms. The number of esters is 1. The number of ether oxygens (including phenoxy) is 4. The predicted molar refractivity (Wildman–Crippen MR) is 160 cm³/mol. The molecule has 1 N–H and O–H groups in total. The van der Waals surface area contributed by atoms with E-state index >= 15 is 0 Å². The first-order chi connectivity index (χ1) is 20.7. The number of methoxy groups -OCH3 is 3. The number of amides is 2. The Kier molecular flexibility index (Phi) is 10.3. The summed E-state index contributed by atoms with van der Waals surface area (Å²) in [6.45, 7) is 7.82. The first-order valence-electron chi connectivity index (χ1n) is 13.2. The summed E-state index contributed by atoms with van der Waals surface area (Å²) in [7, 11) is 4.29. The summed E-state index contributed by atoms with van der Waals surface area (Å²) in [6, 6.07) is 13.2. The Hall–Kier alpha value is -4.46. The van der Waals surface area contributed by atoms with Crippen LogP contribution in [0.25, 0.3) is 4.85 Å². The van der Waals surface area contributed by atoms with Crippen LogP contribution in [0.15, 0.2) is 54.6 Å². The van der Waals surface area contributed by atoms with E-state index in [0.717, 1.165) is 11.1 Å². The minimum Gasteiger partial charge on any atom is -0.493 e. The number of benzene rings is 3. The topological polar surface area (TPSA) is 108 Å². The Morgan fingerprint density at radius 2 is 1.72 bits per heavy atom. The molecule has 0 fully saturated rings. The van der Waals surface area contributed by atoms with Crippen molar-refractivity contribution in [2.24, 2.45) is 0 Å². The number of carbonyl (C=O) groups excluding carboxylic acids is 3. The highest BCUT2D eigenvalue weighted by Gasteiger charge is 2.35. The van der Waals surface area contributed by atoms with Gasteiger partial charge in [-0.25, -0.2) is 16.2 Å². The molecule has 12 heteroatoms. The van der Waals surface area contributed by atoms with Crippen LogP contribution in [0.1, 0.15) is 33.1 Å². The van der Waals surface area contributed by atoms with Crippen LogP contribution >= 0.6 is 23.2 Å². The standard InChI is InChI=1S/C31H29Cl2N3O7/c1-34-17-25-21-16-28(41-3)27(40-2)15-19(21)11-12-36(25)31(39)43-26-10-9-18(13-23(26)33)14-24(30(38)42-4)35-29(37)20-7-5-6-8-22(20)32/h5-10,13,15-16,24-25H,11-12,14,17H2,2-4H3,(H,35,37)/t24-,25?/m0/s1. The molecular weight excluding hydrogens is 597 g/mol. The normalized spacial score (nSPS) is 14.5. The largest absolute Gasteiger partial charge is 0.493 e. The molecule has 1 aliphatic rings. The lowest BCUT2D eigenvalue weighted by atomic mass is 9.92. The van der Waals surface area contributed by atoms with Gasteiger partial charge >= 0.3 is 12.1 Å². The van der Waals surface area contributed by atoms with Crippen LogP contribution in [0.4, 0.5) is 4.79 Å². The van der Waals surface area contributed by atoms with E-state index in [9.17, 15) is 14.4 Å². The molecule has 2 atom stereocenters. The molecule has 3 aromatic carbocycles. The molecule has 1 aliphatic heterocycles. The maximum atomic E-state index is 13.3. The lowest BCUT2D eigenvalue weighted by Crippen LogP contribution is -2.43. The molecule has 0 spiro atoms. The zero-order chi connectivity index (χ0) is 31.1. The quantitative estimate of drug-likeness (QED) is 0.246. The van der Waals surface area contributed by atoms with Crippen molar-refractivity contribution in [2.45, 2.75) is 24.9 Å². The maximum absolute atomic E-state index is 13.3. The molecule has 0 aromatic heterocycles.